The zero-order valence-electron chi connectivity index (χ0n) is 8.56. The summed E-state index contributed by atoms with van der Waals surface area (Å²) in [7, 11) is 0. The lowest BCUT2D eigenvalue weighted by Crippen LogP contribution is -2.41. The van der Waals surface area contributed by atoms with E-state index in [4.69, 9.17) is 0 Å². The van der Waals surface area contributed by atoms with Crippen molar-refractivity contribution in [3.63, 3.8) is 0 Å². The van der Waals surface area contributed by atoms with E-state index in [1.807, 2.05) is 0 Å². The molecule has 0 amide bonds. The van der Waals surface area contributed by atoms with Crippen LogP contribution in [0.15, 0.2) is 0 Å². The number of hydrogen-bond donors (Lipinski definition) is 2. The van der Waals surface area contributed by atoms with E-state index in [2.05, 4.69) is 31.4 Å². The topological polar surface area (TPSA) is 24.1 Å². The Kier molecular flexibility index (Phi) is 4.02. The molecule has 1 heterocycles. The van der Waals surface area contributed by atoms with Crippen LogP contribution in [0.4, 0.5) is 0 Å². The molecule has 0 aromatic heterocycles. The second kappa shape index (κ2) is 4.83. The van der Waals surface area contributed by atoms with Crippen molar-refractivity contribution >= 4 is 0 Å². The summed E-state index contributed by atoms with van der Waals surface area (Å²) in [4.78, 5) is 0. The molecule has 2 heteroatoms. The van der Waals surface area contributed by atoms with Crippen molar-refractivity contribution in [3.05, 3.63) is 0 Å². The third-order valence-corrected chi connectivity index (χ3v) is 3.00. The van der Waals surface area contributed by atoms with Crippen molar-refractivity contribution in [1.82, 2.24) is 10.6 Å². The fraction of sp³-hybridized carbons (Fsp3) is 1.00. The smallest absolute Gasteiger partial charge is 0.0218 e. The Balaban J connectivity index is 2.35. The minimum absolute atomic E-state index is 0.681. The highest BCUT2D eigenvalue weighted by Crippen LogP contribution is 2.09. The van der Waals surface area contributed by atoms with E-state index in [0.717, 1.165) is 12.5 Å². The second-order valence-corrected chi connectivity index (χ2v) is 4.04. The molecule has 1 aliphatic rings. The van der Waals surface area contributed by atoms with Crippen LogP contribution in [0.1, 0.15) is 33.6 Å². The maximum Gasteiger partial charge on any atom is 0.0218 e. The third kappa shape index (κ3) is 2.76. The lowest BCUT2D eigenvalue weighted by molar-refractivity contribution is 0.372. The molecule has 0 spiro atoms. The average Bonchev–Trinajstić information content (AvgIpc) is 2.29. The Bertz CT molecular complexity index is 125. The first-order valence-electron chi connectivity index (χ1n) is 5.20. The van der Waals surface area contributed by atoms with Crippen molar-refractivity contribution in [1.29, 1.82) is 0 Å². The molecular weight excluding hydrogens is 148 g/mol. The van der Waals surface area contributed by atoms with Crippen molar-refractivity contribution in [2.24, 2.45) is 5.92 Å². The summed E-state index contributed by atoms with van der Waals surface area (Å²) in [6, 6.07) is 1.37. The predicted octanol–water partition coefficient (Wildman–Crippen LogP) is 1.37. The van der Waals surface area contributed by atoms with Crippen LogP contribution >= 0.6 is 0 Å². The van der Waals surface area contributed by atoms with Gasteiger partial charge in [0.2, 0.25) is 0 Å². The van der Waals surface area contributed by atoms with Gasteiger partial charge in [-0.1, -0.05) is 20.3 Å². The second-order valence-electron chi connectivity index (χ2n) is 4.04. The molecule has 1 aliphatic heterocycles. The van der Waals surface area contributed by atoms with Crippen molar-refractivity contribution in [2.45, 2.75) is 45.7 Å². The van der Waals surface area contributed by atoms with Gasteiger partial charge in [-0.2, -0.15) is 0 Å². The quantitative estimate of drug-likeness (QED) is 0.654. The first kappa shape index (κ1) is 10.0. The Morgan fingerprint density at radius 3 is 2.83 bits per heavy atom. The van der Waals surface area contributed by atoms with Crippen molar-refractivity contribution in [2.75, 3.05) is 13.1 Å². The van der Waals surface area contributed by atoms with Gasteiger partial charge in [-0.3, -0.25) is 0 Å². The van der Waals surface area contributed by atoms with Gasteiger partial charge < -0.3 is 10.6 Å². The Morgan fingerprint density at radius 2 is 2.17 bits per heavy atom. The first-order valence-corrected chi connectivity index (χ1v) is 5.20. The molecule has 12 heavy (non-hydrogen) atoms. The molecule has 0 aromatic carbocycles. The number of rotatable bonds is 2. The Labute approximate surface area is 76.1 Å². The maximum absolute atomic E-state index is 3.60. The van der Waals surface area contributed by atoms with Crippen LogP contribution in [0.5, 0.6) is 0 Å². The summed E-state index contributed by atoms with van der Waals surface area (Å²) >= 11 is 0. The molecule has 1 fully saturated rings. The summed E-state index contributed by atoms with van der Waals surface area (Å²) in [5, 5.41) is 7.15. The highest BCUT2D eigenvalue weighted by Gasteiger charge is 2.18. The lowest BCUT2D eigenvalue weighted by Gasteiger charge is -2.22. The molecular formula is C10H22N2. The van der Waals surface area contributed by atoms with E-state index < -0.39 is 0 Å². The van der Waals surface area contributed by atoms with Crippen LogP contribution < -0.4 is 10.6 Å². The maximum atomic E-state index is 3.60. The molecule has 1 saturated heterocycles. The van der Waals surface area contributed by atoms with Crippen LogP contribution in [0.3, 0.4) is 0 Å². The van der Waals surface area contributed by atoms with Gasteiger partial charge in [0.15, 0.2) is 0 Å². The van der Waals surface area contributed by atoms with Gasteiger partial charge in [-0.05, 0) is 25.8 Å². The van der Waals surface area contributed by atoms with Gasteiger partial charge in [0.05, 0.1) is 0 Å². The van der Waals surface area contributed by atoms with E-state index in [1.54, 1.807) is 0 Å². The van der Waals surface area contributed by atoms with Gasteiger partial charge >= 0.3 is 0 Å². The standard InChI is InChI=1S/C10H22N2/c1-4-8(2)10-7-12-9(3)5-6-11-10/h8-12H,4-7H2,1-3H3. The molecule has 3 unspecified atom stereocenters. The van der Waals surface area contributed by atoms with E-state index in [9.17, 15) is 0 Å². The molecule has 0 radical (unpaired) electrons. The van der Waals surface area contributed by atoms with E-state index in [1.165, 1.54) is 19.4 Å². The van der Waals surface area contributed by atoms with E-state index in [0.29, 0.717) is 12.1 Å². The lowest BCUT2D eigenvalue weighted by atomic mass is 9.99. The van der Waals surface area contributed by atoms with Crippen LogP contribution in [-0.4, -0.2) is 25.2 Å². The fourth-order valence-corrected chi connectivity index (χ4v) is 1.67. The fourth-order valence-electron chi connectivity index (χ4n) is 1.67. The highest BCUT2D eigenvalue weighted by atomic mass is 15.0. The van der Waals surface area contributed by atoms with Crippen LogP contribution in [0.2, 0.25) is 0 Å². The summed E-state index contributed by atoms with van der Waals surface area (Å²) in [6.07, 6.45) is 2.53. The highest BCUT2D eigenvalue weighted by molar-refractivity contribution is 4.80. The summed E-state index contributed by atoms with van der Waals surface area (Å²) in [6.45, 7) is 9.16. The normalized spacial score (nSPS) is 34.2. The van der Waals surface area contributed by atoms with Crippen molar-refractivity contribution in [3.8, 4) is 0 Å². The summed E-state index contributed by atoms with van der Waals surface area (Å²) < 4.78 is 0. The third-order valence-electron chi connectivity index (χ3n) is 3.00. The minimum atomic E-state index is 0.681. The van der Waals surface area contributed by atoms with Gasteiger partial charge in [-0.25, -0.2) is 0 Å². The minimum Gasteiger partial charge on any atom is -0.313 e. The van der Waals surface area contributed by atoms with Crippen LogP contribution in [-0.2, 0) is 0 Å². The molecule has 0 aliphatic carbocycles. The summed E-state index contributed by atoms with van der Waals surface area (Å²) in [5.74, 6) is 0.794. The largest absolute Gasteiger partial charge is 0.313 e. The van der Waals surface area contributed by atoms with E-state index in [-0.39, 0.29) is 0 Å². The molecule has 0 bridgehead atoms. The molecule has 1 rings (SSSR count). The number of hydrogen-bond acceptors (Lipinski definition) is 2. The molecule has 0 saturated carbocycles. The zero-order chi connectivity index (χ0) is 8.97. The molecule has 2 N–H and O–H groups in total. The van der Waals surface area contributed by atoms with Crippen LogP contribution in [0.25, 0.3) is 0 Å². The monoisotopic (exact) mass is 170 g/mol. The van der Waals surface area contributed by atoms with Gasteiger partial charge in [0.1, 0.15) is 0 Å². The first-order chi connectivity index (χ1) is 5.74. The van der Waals surface area contributed by atoms with Gasteiger partial charge in [-0.15, -0.1) is 0 Å². The molecule has 3 atom stereocenters. The average molecular weight is 170 g/mol. The summed E-state index contributed by atoms with van der Waals surface area (Å²) in [5.41, 5.74) is 0. The predicted molar refractivity (Wildman–Crippen MR) is 53.3 cm³/mol. The van der Waals surface area contributed by atoms with Crippen LogP contribution in [0, 0.1) is 5.92 Å². The molecule has 0 aromatic rings. The SMILES string of the molecule is CCC(C)C1CNC(C)CCN1. The van der Waals surface area contributed by atoms with Gasteiger partial charge in [0, 0.05) is 18.6 Å². The van der Waals surface area contributed by atoms with Crippen molar-refractivity contribution < 1.29 is 0 Å². The van der Waals surface area contributed by atoms with Gasteiger partial charge in [0.25, 0.3) is 0 Å². The number of nitrogens with one attached hydrogen (secondary N) is 2. The molecule has 72 valence electrons. The Morgan fingerprint density at radius 1 is 1.42 bits per heavy atom. The molecule has 2 nitrogen and oxygen atoms in total. The van der Waals surface area contributed by atoms with E-state index >= 15 is 0 Å². The zero-order valence-corrected chi connectivity index (χ0v) is 8.56. The Hall–Kier alpha value is -0.0800.